The van der Waals surface area contributed by atoms with Crippen LogP contribution in [0.1, 0.15) is 44.2 Å². The Morgan fingerprint density at radius 3 is 2.56 bits per heavy atom. The van der Waals surface area contributed by atoms with Crippen molar-refractivity contribution in [1.29, 1.82) is 0 Å². The number of amides is 2. The summed E-state index contributed by atoms with van der Waals surface area (Å²) >= 11 is 8.18. The second-order valence-corrected chi connectivity index (χ2v) is 13.5. The van der Waals surface area contributed by atoms with Crippen LogP contribution in [0, 0.1) is 17.8 Å². The zero-order valence-corrected chi connectivity index (χ0v) is 26.0. The fraction of sp³-hybridized carbons (Fsp3) is 0.441. The predicted octanol–water partition coefficient (Wildman–Crippen LogP) is 5.83. The number of aliphatic hydroxyl groups excluding tert-OH is 1. The van der Waals surface area contributed by atoms with Gasteiger partial charge >= 0.3 is 5.97 Å². The first-order valence-electron chi connectivity index (χ1n) is 14.9. The van der Waals surface area contributed by atoms with E-state index in [1.165, 1.54) is 0 Å². The number of carbonyl (C=O) groups excluding carboxylic acids is 3. The summed E-state index contributed by atoms with van der Waals surface area (Å²) in [5.41, 5.74) is 1.23. The molecule has 3 fully saturated rings. The number of thioether (sulfide) groups is 1. The average Bonchev–Trinajstić information content (AvgIpc) is 3.61. The molecule has 3 aliphatic heterocycles. The number of allylic oxidation sites excluding steroid dienone is 1. The Hall–Kier alpha value is -3.07. The largest absolute Gasteiger partial charge is 0.465 e. The highest BCUT2D eigenvalue weighted by molar-refractivity contribution is 8.02. The Balaban J connectivity index is 1.59. The van der Waals surface area contributed by atoms with Gasteiger partial charge < -0.3 is 19.6 Å². The summed E-state index contributed by atoms with van der Waals surface area (Å²) in [6.07, 6.45) is 6.58. The Labute approximate surface area is 262 Å². The van der Waals surface area contributed by atoms with Crippen LogP contribution in [0.3, 0.4) is 0 Å². The number of benzene rings is 2. The number of nitrogens with zero attached hydrogens (tertiary/aromatic N) is 2. The summed E-state index contributed by atoms with van der Waals surface area (Å²) in [6, 6.07) is 14.6. The van der Waals surface area contributed by atoms with Crippen molar-refractivity contribution >= 4 is 46.8 Å². The normalized spacial score (nSPS) is 27.9. The number of rotatable bonds is 13. The smallest absolute Gasteiger partial charge is 0.310 e. The van der Waals surface area contributed by atoms with Crippen molar-refractivity contribution in [3.8, 4) is 0 Å². The molecule has 0 aliphatic carbocycles. The van der Waals surface area contributed by atoms with E-state index in [2.05, 4.69) is 20.1 Å². The van der Waals surface area contributed by atoms with E-state index in [-0.39, 0.29) is 48.7 Å². The molecule has 3 heterocycles. The molecule has 2 bridgehead atoms. The van der Waals surface area contributed by atoms with E-state index >= 15 is 0 Å². The third-order valence-corrected chi connectivity index (χ3v) is 11.5. The lowest BCUT2D eigenvalue weighted by Crippen LogP contribution is -2.58. The molecule has 43 heavy (non-hydrogen) atoms. The molecule has 9 heteroatoms. The number of fused-ring (bicyclic) bond motifs is 1. The van der Waals surface area contributed by atoms with E-state index in [0.717, 1.165) is 12.8 Å². The van der Waals surface area contributed by atoms with E-state index < -0.39 is 28.7 Å². The maximum atomic E-state index is 14.9. The second kappa shape index (κ2) is 13.3. The van der Waals surface area contributed by atoms with Crippen LogP contribution in [0.4, 0.5) is 5.69 Å². The number of hydrogen-bond donors (Lipinski definition) is 1. The number of anilines is 1. The summed E-state index contributed by atoms with van der Waals surface area (Å²) in [6.45, 7) is 9.76. The minimum absolute atomic E-state index is 0.0426. The third kappa shape index (κ3) is 5.42. The lowest BCUT2D eigenvalue weighted by atomic mass is 9.66. The Kier molecular flexibility index (Phi) is 9.69. The fourth-order valence-corrected chi connectivity index (χ4v) is 9.91. The second-order valence-electron chi connectivity index (χ2n) is 11.5. The summed E-state index contributed by atoms with van der Waals surface area (Å²) < 4.78 is 4.87. The van der Waals surface area contributed by atoms with Gasteiger partial charge in [0.05, 0.1) is 46.5 Å². The number of hydrogen-bond acceptors (Lipinski definition) is 6. The van der Waals surface area contributed by atoms with Crippen molar-refractivity contribution in [1.82, 2.24) is 4.90 Å². The zero-order chi connectivity index (χ0) is 30.7. The maximum Gasteiger partial charge on any atom is 0.310 e. The Bertz CT molecular complexity index is 1370. The molecule has 0 saturated carbocycles. The molecule has 2 aromatic rings. The highest BCUT2D eigenvalue weighted by Gasteiger charge is 2.77. The van der Waals surface area contributed by atoms with Crippen molar-refractivity contribution in [2.24, 2.45) is 17.8 Å². The lowest BCUT2D eigenvalue weighted by Gasteiger charge is -2.42. The van der Waals surface area contributed by atoms with Crippen LogP contribution in [-0.4, -0.2) is 63.6 Å². The van der Waals surface area contributed by atoms with Gasteiger partial charge in [0.25, 0.3) is 5.91 Å². The van der Waals surface area contributed by atoms with Gasteiger partial charge in [-0.05, 0) is 49.3 Å². The van der Waals surface area contributed by atoms with Gasteiger partial charge in [-0.25, -0.2) is 0 Å². The molecule has 7 nitrogen and oxygen atoms in total. The SMILES string of the molecule is C=CCCCCOC(=O)[C@@H]1[C@@H]2CC(C)C3(S2)C(C(=O)N(CC=C)c2ccccc2Cl)N([C@H](CO)c2ccccc2)C(=O)[C@H]13. The standard InChI is InChI=1S/C34H39ClN2O5S/c1-4-6-7-13-19-42-33(41)28-27-20-22(3)34(43-27)29(28)31(39)37(26(21-38)23-14-9-8-10-15-23)30(34)32(40)36(18-5-2)25-17-12-11-16-24(25)35/h4-5,8-12,14-17,22,26-30,38H,1-2,6-7,13,18-21H2,3H3/t22?,26-,27+,28-,29+,30?,34?/m1/s1. The van der Waals surface area contributed by atoms with Gasteiger partial charge in [-0.2, -0.15) is 0 Å². The number of aliphatic hydroxyl groups is 1. The molecule has 228 valence electrons. The number of unbranched alkanes of at least 4 members (excludes halogenated alkanes) is 2. The number of carbonyl (C=O) groups is 3. The van der Waals surface area contributed by atoms with Gasteiger partial charge in [-0.3, -0.25) is 14.4 Å². The number of para-hydroxylation sites is 1. The molecule has 0 aromatic heterocycles. The van der Waals surface area contributed by atoms with Crippen molar-refractivity contribution in [2.75, 3.05) is 24.7 Å². The quantitative estimate of drug-likeness (QED) is 0.172. The number of esters is 1. The molecular weight excluding hydrogens is 584 g/mol. The topological polar surface area (TPSA) is 87.2 Å². The van der Waals surface area contributed by atoms with Crippen LogP contribution in [0.2, 0.25) is 5.02 Å². The van der Waals surface area contributed by atoms with Crippen molar-refractivity contribution < 1.29 is 24.2 Å². The Morgan fingerprint density at radius 1 is 1.16 bits per heavy atom. The first kappa shape index (κ1) is 31.4. The maximum absolute atomic E-state index is 14.9. The molecule has 2 amide bonds. The van der Waals surface area contributed by atoms with E-state index in [1.54, 1.807) is 45.8 Å². The van der Waals surface area contributed by atoms with Gasteiger partial charge in [0.2, 0.25) is 5.91 Å². The molecule has 3 aliphatic rings. The van der Waals surface area contributed by atoms with Crippen LogP contribution in [0.15, 0.2) is 79.9 Å². The number of halogens is 1. The fourth-order valence-electron chi connectivity index (χ4n) is 7.29. The van der Waals surface area contributed by atoms with Gasteiger partial charge in [-0.1, -0.05) is 73.1 Å². The molecule has 3 saturated heterocycles. The minimum Gasteiger partial charge on any atom is -0.465 e. The molecule has 1 N–H and O–H groups in total. The van der Waals surface area contributed by atoms with Gasteiger partial charge in [0.15, 0.2) is 0 Å². The van der Waals surface area contributed by atoms with Gasteiger partial charge in [0, 0.05) is 11.8 Å². The van der Waals surface area contributed by atoms with Crippen molar-refractivity contribution in [3.63, 3.8) is 0 Å². The molecule has 2 aromatic carbocycles. The van der Waals surface area contributed by atoms with Crippen molar-refractivity contribution in [3.05, 3.63) is 90.5 Å². The third-order valence-electron chi connectivity index (χ3n) is 9.15. The average molecular weight is 623 g/mol. The monoisotopic (exact) mass is 622 g/mol. The highest BCUT2D eigenvalue weighted by Crippen LogP contribution is 2.69. The zero-order valence-electron chi connectivity index (χ0n) is 24.4. The number of ether oxygens (including phenoxy) is 1. The number of likely N-dealkylation sites (tertiary alicyclic amines) is 1. The first-order valence-corrected chi connectivity index (χ1v) is 16.2. The lowest BCUT2D eigenvalue weighted by molar-refractivity contribution is -0.155. The summed E-state index contributed by atoms with van der Waals surface area (Å²) in [4.78, 5) is 46.4. The minimum atomic E-state index is -0.950. The molecule has 3 unspecified atom stereocenters. The molecular formula is C34H39ClN2O5S. The predicted molar refractivity (Wildman–Crippen MR) is 171 cm³/mol. The van der Waals surface area contributed by atoms with E-state index in [0.29, 0.717) is 29.1 Å². The van der Waals surface area contributed by atoms with Gasteiger partial charge in [-0.15, -0.1) is 24.9 Å². The van der Waals surface area contributed by atoms with Crippen LogP contribution in [0.25, 0.3) is 0 Å². The first-order chi connectivity index (χ1) is 20.8. The summed E-state index contributed by atoms with van der Waals surface area (Å²) in [7, 11) is 0. The molecule has 5 rings (SSSR count). The van der Waals surface area contributed by atoms with Crippen LogP contribution in [0.5, 0.6) is 0 Å². The van der Waals surface area contributed by atoms with E-state index in [9.17, 15) is 19.5 Å². The van der Waals surface area contributed by atoms with Crippen molar-refractivity contribution in [2.45, 2.75) is 54.7 Å². The van der Waals surface area contributed by atoms with Crippen LogP contribution >= 0.6 is 23.4 Å². The van der Waals surface area contributed by atoms with Gasteiger partial charge in [0.1, 0.15) is 6.04 Å². The highest BCUT2D eigenvalue weighted by atomic mass is 35.5. The summed E-state index contributed by atoms with van der Waals surface area (Å²) in [5, 5.41) is 11.0. The van der Waals surface area contributed by atoms with Crippen LogP contribution < -0.4 is 4.90 Å². The molecule has 7 atom stereocenters. The van der Waals surface area contributed by atoms with E-state index in [4.69, 9.17) is 16.3 Å². The molecule has 1 spiro atoms. The van der Waals surface area contributed by atoms with E-state index in [1.807, 2.05) is 42.5 Å². The molecule has 0 radical (unpaired) electrons. The Morgan fingerprint density at radius 2 is 1.88 bits per heavy atom. The van der Waals surface area contributed by atoms with Crippen LogP contribution in [-0.2, 0) is 19.1 Å². The summed E-state index contributed by atoms with van der Waals surface area (Å²) in [5.74, 6) is -2.46.